The van der Waals surface area contributed by atoms with E-state index in [9.17, 15) is 9.59 Å². The number of fused-ring (bicyclic) bond motifs is 1. The molecule has 1 saturated carbocycles. The van der Waals surface area contributed by atoms with Gasteiger partial charge in [0.15, 0.2) is 0 Å². The van der Waals surface area contributed by atoms with Crippen LogP contribution in [0.5, 0.6) is 0 Å². The van der Waals surface area contributed by atoms with Crippen molar-refractivity contribution in [3.63, 3.8) is 0 Å². The zero-order chi connectivity index (χ0) is 20.6. The highest BCUT2D eigenvalue weighted by molar-refractivity contribution is 6.07. The molecule has 0 unspecified atom stereocenters. The van der Waals surface area contributed by atoms with E-state index in [4.69, 9.17) is 0 Å². The Balaban J connectivity index is 1.30. The quantitative estimate of drug-likeness (QED) is 0.759. The summed E-state index contributed by atoms with van der Waals surface area (Å²) in [6.45, 7) is 11.4. The Kier molecular flexibility index (Phi) is 5.69. The van der Waals surface area contributed by atoms with Gasteiger partial charge >= 0.3 is 0 Å². The molecule has 0 spiro atoms. The van der Waals surface area contributed by atoms with E-state index in [-0.39, 0.29) is 11.8 Å². The molecule has 1 N–H and O–H groups in total. The van der Waals surface area contributed by atoms with Gasteiger partial charge in [0, 0.05) is 30.9 Å². The molecule has 29 heavy (non-hydrogen) atoms. The van der Waals surface area contributed by atoms with E-state index in [2.05, 4.69) is 17.1 Å². The van der Waals surface area contributed by atoms with Crippen LogP contribution in [0.2, 0.25) is 0 Å². The molecule has 2 amide bonds. The van der Waals surface area contributed by atoms with E-state index in [1.54, 1.807) is 0 Å². The Bertz CT molecular complexity index is 776. The summed E-state index contributed by atoms with van der Waals surface area (Å²) >= 11 is 0. The lowest BCUT2D eigenvalue weighted by atomic mass is 9.85. The summed E-state index contributed by atoms with van der Waals surface area (Å²) in [6.07, 6.45) is 6.29. The number of carbonyl (C=O) groups is 2. The SMILES string of the molecule is CCN(CCC1CCN(C(=O)c2ccc3c(c2)C(C)(C)C(=O)N3)CC1)CC1CC1. The summed E-state index contributed by atoms with van der Waals surface area (Å²) in [4.78, 5) is 29.8. The van der Waals surface area contributed by atoms with Crippen LogP contribution in [0, 0.1) is 11.8 Å². The first kappa shape index (κ1) is 20.4. The van der Waals surface area contributed by atoms with Gasteiger partial charge in [-0.3, -0.25) is 9.59 Å². The molecule has 1 aliphatic carbocycles. The van der Waals surface area contributed by atoms with Gasteiger partial charge in [-0.2, -0.15) is 0 Å². The van der Waals surface area contributed by atoms with Crippen molar-refractivity contribution in [2.45, 2.75) is 58.3 Å². The third-order valence-corrected chi connectivity index (χ3v) is 7.17. The topological polar surface area (TPSA) is 52.7 Å². The molecule has 0 radical (unpaired) electrons. The van der Waals surface area contributed by atoms with Crippen molar-refractivity contribution >= 4 is 17.5 Å². The fourth-order valence-electron chi connectivity index (χ4n) is 4.72. The van der Waals surface area contributed by atoms with Crippen LogP contribution in [-0.2, 0) is 10.2 Å². The number of hydrogen-bond donors (Lipinski definition) is 1. The Morgan fingerprint density at radius 2 is 1.90 bits per heavy atom. The molecule has 2 fully saturated rings. The molecule has 1 aromatic rings. The summed E-state index contributed by atoms with van der Waals surface area (Å²) in [5, 5.41) is 2.91. The molecule has 2 heterocycles. The molecule has 5 nitrogen and oxygen atoms in total. The third kappa shape index (κ3) is 4.35. The second kappa shape index (κ2) is 8.10. The summed E-state index contributed by atoms with van der Waals surface area (Å²) < 4.78 is 0. The van der Waals surface area contributed by atoms with E-state index in [1.165, 1.54) is 32.4 Å². The van der Waals surface area contributed by atoms with Crippen molar-refractivity contribution < 1.29 is 9.59 Å². The molecular formula is C24H35N3O2. The van der Waals surface area contributed by atoms with Crippen LogP contribution in [0.3, 0.4) is 0 Å². The van der Waals surface area contributed by atoms with E-state index < -0.39 is 5.41 Å². The van der Waals surface area contributed by atoms with Gasteiger partial charge in [-0.1, -0.05) is 6.92 Å². The minimum absolute atomic E-state index is 0.000668. The number of likely N-dealkylation sites (tertiary alicyclic amines) is 1. The van der Waals surface area contributed by atoms with Crippen LogP contribution >= 0.6 is 0 Å². The van der Waals surface area contributed by atoms with E-state index >= 15 is 0 Å². The van der Waals surface area contributed by atoms with Crippen LogP contribution in [0.1, 0.15) is 68.8 Å². The molecule has 2 aliphatic heterocycles. The van der Waals surface area contributed by atoms with Gasteiger partial charge in [0.25, 0.3) is 5.91 Å². The smallest absolute Gasteiger partial charge is 0.253 e. The van der Waals surface area contributed by atoms with Gasteiger partial charge in [0.05, 0.1) is 5.41 Å². The lowest BCUT2D eigenvalue weighted by Crippen LogP contribution is -2.39. The summed E-state index contributed by atoms with van der Waals surface area (Å²) in [5.41, 5.74) is 1.89. The maximum atomic E-state index is 13.1. The van der Waals surface area contributed by atoms with Crippen molar-refractivity contribution in [2.24, 2.45) is 11.8 Å². The van der Waals surface area contributed by atoms with Crippen molar-refractivity contribution in [2.75, 3.05) is 38.0 Å². The molecule has 0 atom stereocenters. The first-order valence-electron chi connectivity index (χ1n) is 11.4. The summed E-state index contributed by atoms with van der Waals surface area (Å²) in [6, 6.07) is 5.64. The van der Waals surface area contributed by atoms with Crippen LogP contribution in [0.15, 0.2) is 18.2 Å². The minimum Gasteiger partial charge on any atom is -0.339 e. The van der Waals surface area contributed by atoms with Crippen molar-refractivity contribution in [1.82, 2.24) is 9.80 Å². The molecule has 158 valence electrons. The predicted octanol–water partition coefficient (Wildman–Crippen LogP) is 3.89. The number of anilines is 1. The fraction of sp³-hybridized carbons (Fsp3) is 0.667. The number of piperidine rings is 1. The van der Waals surface area contributed by atoms with Gasteiger partial charge < -0.3 is 15.1 Å². The second-order valence-electron chi connectivity index (χ2n) is 9.70. The zero-order valence-electron chi connectivity index (χ0n) is 18.2. The van der Waals surface area contributed by atoms with Crippen molar-refractivity contribution in [3.05, 3.63) is 29.3 Å². The minimum atomic E-state index is -0.579. The number of amides is 2. The van der Waals surface area contributed by atoms with Crippen LogP contribution in [-0.4, -0.2) is 54.3 Å². The molecule has 5 heteroatoms. The number of hydrogen-bond acceptors (Lipinski definition) is 3. The Morgan fingerprint density at radius 1 is 1.17 bits per heavy atom. The first-order valence-corrected chi connectivity index (χ1v) is 11.4. The number of nitrogens with one attached hydrogen (secondary N) is 1. The molecule has 1 saturated heterocycles. The van der Waals surface area contributed by atoms with E-state index in [0.717, 1.165) is 55.6 Å². The highest BCUT2D eigenvalue weighted by atomic mass is 16.2. The Labute approximate surface area is 174 Å². The van der Waals surface area contributed by atoms with Crippen molar-refractivity contribution in [1.29, 1.82) is 0 Å². The van der Waals surface area contributed by atoms with Gasteiger partial charge in [-0.25, -0.2) is 0 Å². The number of carbonyl (C=O) groups excluding carboxylic acids is 2. The maximum Gasteiger partial charge on any atom is 0.253 e. The van der Waals surface area contributed by atoms with E-state index in [1.807, 2.05) is 36.9 Å². The monoisotopic (exact) mass is 397 g/mol. The highest BCUT2D eigenvalue weighted by Crippen LogP contribution is 2.38. The normalized spacial score (nSPS) is 21.4. The lowest BCUT2D eigenvalue weighted by molar-refractivity contribution is -0.119. The van der Waals surface area contributed by atoms with Crippen molar-refractivity contribution in [3.8, 4) is 0 Å². The van der Waals surface area contributed by atoms with Gasteiger partial charge in [-0.05, 0) is 94.6 Å². The fourth-order valence-corrected chi connectivity index (χ4v) is 4.72. The summed E-state index contributed by atoms with van der Waals surface area (Å²) in [7, 11) is 0. The molecule has 4 rings (SSSR count). The zero-order valence-corrected chi connectivity index (χ0v) is 18.2. The van der Waals surface area contributed by atoms with Gasteiger partial charge in [-0.15, -0.1) is 0 Å². The molecule has 3 aliphatic rings. The Hall–Kier alpha value is -1.88. The molecule has 1 aromatic carbocycles. The summed E-state index contributed by atoms with van der Waals surface area (Å²) in [5.74, 6) is 1.79. The van der Waals surface area contributed by atoms with Gasteiger partial charge in [0.1, 0.15) is 0 Å². The number of rotatable bonds is 7. The average molecular weight is 398 g/mol. The van der Waals surface area contributed by atoms with Gasteiger partial charge in [0.2, 0.25) is 5.91 Å². The number of benzene rings is 1. The van der Waals surface area contributed by atoms with Crippen LogP contribution < -0.4 is 5.32 Å². The molecule has 0 bridgehead atoms. The highest BCUT2D eigenvalue weighted by Gasteiger charge is 2.39. The standard InChI is InChI=1S/C24H35N3O2/c1-4-26(16-18-5-6-18)12-9-17-10-13-27(14-11-17)22(28)19-7-8-21-20(15-19)24(2,3)23(29)25-21/h7-8,15,17-18H,4-6,9-14,16H2,1-3H3,(H,25,29). The average Bonchev–Trinajstić information content (AvgIpc) is 3.51. The predicted molar refractivity (Wildman–Crippen MR) is 116 cm³/mol. The largest absolute Gasteiger partial charge is 0.339 e. The van der Waals surface area contributed by atoms with E-state index in [0.29, 0.717) is 5.56 Å². The first-order chi connectivity index (χ1) is 13.9. The Morgan fingerprint density at radius 3 is 2.55 bits per heavy atom. The molecular weight excluding hydrogens is 362 g/mol. The second-order valence-corrected chi connectivity index (χ2v) is 9.70. The maximum absolute atomic E-state index is 13.1. The number of nitrogens with zero attached hydrogens (tertiary/aromatic N) is 2. The van der Waals surface area contributed by atoms with Crippen LogP contribution in [0.25, 0.3) is 0 Å². The van der Waals surface area contributed by atoms with Crippen LogP contribution in [0.4, 0.5) is 5.69 Å². The molecule has 0 aromatic heterocycles. The third-order valence-electron chi connectivity index (χ3n) is 7.17. The lowest BCUT2D eigenvalue weighted by Gasteiger charge is -2.33.